The van der Waals surface area contributed by atoms with Gasteiger partial charge in [0.1, 0.15) is 13.2 Å². The molecule has 0 fully saturated rings. The topological polar surface area (TPSA) is 78.9 Å². The number of carbonyl (C=O) groups is 3. The number of hydrogen-bond donors (Lipinski definition) is 0. The van der Waals surface area contributed by atoms with Crippen molar-refractivity contribution in [2.45, 2.75) is 374 Å². The molecule has 0 aliphatic heterocycles. The zero-order valence-electron chi connectivity index (χ0n) is 54.1. The number of ether oxygens (including phenoxy) is 3. The molecule has 0 radical (unpaired) electrons. The minimum absolute atomic E-state index is 0.0713. The molecule has 0 bridgehead atoms. The van der Waals surface area contributed by atoms with Gasteiger partial charge in [0.25, 0.3) is 0 Å². The molecule has 1 atom stereocenters. The van der Waals surface area contributed by atoms with E-state index in [1.54, 1.807) is 0 Å². The summed E-state index contributed by atoms with van der Waals surface area (Å²) in [6, 6.07) is 0. The largest absolute Gasteiger partial charge is 0.462 e. The van der Waals surface area contributed by atoms with Gasteiger partial charge in [-0.2, -0.15) is 0 Å². The summed E-state index contributed by atoms with van der Waals surface area (Å²) in [4.78, 5) is 38.3. The first-order chi connectivity index (χ1) is 40.0. The standard InChI is InChI=1S/C75H134O6/c1-4-7-10-13-16-19-21-23-25-27-29-31-32-33-34-35-36-37-38-39-40-41-42-44-45-47-49-51-53-56-59-62-65-68-74(77)80-71-72(70-79-73(76)67-64-61-58-55-18-15-12-9-6-3)81-75(78)69-66-63-60-57-54-52-50-48-46-43-30-28-26-24-22-20-17-14-11-8-5-2/h7,10,16,19,22-25,28-31,72H,4-6,8-9,11-15,17-18,20-21,26-27,32-71H2,1-3H3/b10-7-,19-16-,24-22-,25-23-,30-28-,31-29-. The van der Waals surface area contributed by atoms with Gasteiger partial charge in [0.15, 0.2) is 6.10 Å². The van der Waals surface area contributed by atoms with E-state index < -0.39 is 6.10 Å². The van der Waals surface area contributed by atoms with Crippen molar-refractivity contribution in [1.82, 2.24) is 0 Å². The van der Waals surface area contributed by atoms with E-state index in [0.717, 1.165) is 89.9 Å². The van der Waals surface area contributed by atoms with Crippen LogP contribution in [0.1, 0.15) is 367 Å². The first-order valence-electron chi connectivity index (χ1n) is 35.4. The quantitative estimate of drug-likeness (QED) is 0.0261. The average molecular weight is 1130 g/mol. The first-order valence-corrected chi connectivity index (χ1v) is 35.4. The third-order valence-corrected chi connectivity index (χ3v) is 15.7. The lowest BCUT2D eigenvalue weighted by atomic mass is 10.0. The first kappa shape index (κ1) is 77.9. The van der Waals surface area contributed by atoms with E-state index >= 15 is 0 Å². The highest BCUT2D eigenvalue weighted by Crippen LogP contribution is 2.18. The molecule has 0 amide bonds. The van der Waals surface area contributed by atoms with E-state index in [1.165, 1.54) is 238 Å². The maximum absolute atomic E-state index is 12.9. The molecule has 1 unspecified atom stereocenters. The van der Waals surface area contributed by atoms with Crippen LogP contribution < -0.4 is 0 Å². The van der Waals surface area contributed by atoms with Crippen LogP contribution >= 0.6 is 0 Å². The number of carbonyl (C=O) groups excluding carboxylic acids is 3. The third kappa shape index (κ3) is 67.5. The molecule has 0 heterocycles. The Morgan fingerprint density at radius 2 is 0.481 bits per heavy atom. The van der Waals surface area contributed by atoms with E-state index in [0.29, 0.717) is 19.3 Å². The summed E-state index contributed by atoms with van der Waals surface area (Å²) in [6.45, 7) is 6.54. The summed E-state index contributed by atoms with van der Waals surface area (Å²) < 4.78 is 16.9. The summed E-state index contributed by atoms with van der Waals surface area (Å²) in [7, 11) is 0. The zero-order chi connectivity index (χ0) is 58.5. The molecular weight excluding hydrogens is 997 g/mol. The SMILES string of the molecule is CC/C=C\C/C=C\C/C=C\C/C=C\CCCCCCCCCCCCCCCCCCCCCCC(=O)OCC(COC(=O)CCCCCCCCCCC)OC(=O)CCCCCCCCCCC/C=C\C/C=C\CCCCCCC. The molecule has 0 aromatic rings. The number of unbranched alkanes of at least 4 members (excludes halogenated alkanes) is 42. The molecule has 0 rings (SSSR count). The normalized spacial score (nSPS) is 12.5. The lowest BCUT2D eigenvalue weighted by Gasteiger charge is -2.18. The number of rotatable bonds is 65. The van der Waals surface area contributed by atoms with Crippen LogP contribution in [0.25, 0.3) is 0 Å². The van der Waals surface area contributed by atoms with Crippen LogP contribution in [0, 0.1) is 0 Å². The molecule has 0 aliphatic carbocycles. The number of allylic oxidation sites excluding steroid dienone is 12. The molecule has 0 aromatic heterocycles. The van der Waals surface area contributed by atoms with Gasteiger partial charge in [0.05, 0.1) is 0 Å². The van der Waals surface area contributed by atoms with E-state index in [1.807, 2.05) is 0 Å². The Morgan fingerprint density at radius 3 is 0.753 bits per heavy atom. The monoisotopic (exact) mass is 1130 g/mol. The second kappa shape index (κ2) is 69.3. The lowest BCUT2D eigenvalue weighted by Crippen LogP contribution is -2.30. The van der Waals surface area contributed by atoms with Gasteiger partial charge >= 0.3 is 17.9 Å². The van der Waals surface area contributed by atoms with Crippen molar-refractivity contribution in [3.63, 3.8) is 0 Å². The lowest BCUT2D eigenvalue weighted by molar-refractivity contribution is -0.167. The van der Waals surface area contributed by atoms with Crippen molar-refractivity contribution in [2.24, 2.45) is 0 Å². The zero-order valence-corrected chi connectivity index (χ0v) is 54.1. The Hall–Kier alpha value is -3.15. The molecule has 0 saturated carbocycles. The van der Waals surface area contributed by atoms with Crippen molar-refractivity contribution >= 4 is 17.9 Å². The molecule has 6 heteroatoms. The average Bonchev–Trinajstić information content (AvgIpc) is 3.47. The maximum Gasteiger partial charge on any atom is 0.306 e. The molecule has 470 valence electrons. The van der Waals surface area contributed by atoms with Crippen LogP contribution in [0.5, 0.6) is 0 Å². The van der Waals surface area contributed by atoms with E-state index in [9.17, 15) is 14.4 Å². The Kier molecular flexibility index (Phi) is 66.6. The summed E-state index contributed by atoms with van der Waals surface area (Å²) in [5, 5.41) is 0. The van der Waals surface area contributed by atoms with Crippen molar-refractivity contribution < 1.29 is 28.6 Å². The molecule has 81 heavy (non-hydrogen) atoms. The fourth-order valence-corrected chi connectivity index (χ4v) is 10.4. The third-order valence-electron chi connectivity index (χ3n) is 15.7. The van der Waals surface area contributed by atoms with Crippen LogP contribution in [0.15, 0.2) is 72.9 Å². The van der Waals surface area contributed by atoms with Crippen molar-refractivity contribution in [3.8, 4) is 0 Å². The Bertz CT molecular complexity index is 1490. The van der Waals surface area contributed by atoms with Gasteiger partial charge in [0, 0.05) is 19.3 Å². The van der Waals surface area contributed by atoms with Crippen LogP contribution in [0.3, 0.4) is 0 Å². The second-order valence-electron chi connectivity index (χ2n) is 23.8. The van der Waals surface area contributed by atoms with Crippen LogP contribution in [0.4, 0.5) is 0 Å². The summed E-state index contributed by atoms with van der Waals surface area (Å²) in [5.74, 6) is -0.857. The highest BCUT2D eigenvalue weighted by Gasteiger charge is 2.19. The fraction of sp³-hybridized carbons (Fsp3) is 0.800. The van der Waals surface area contributed by atoms with Crippen LogP contribution in [-0.4, -0.2) is 37.2 Å². The van der Waals surface area contributed by atoms with Gasteiger partial charge in [0.2, 0.25) is 0 Å². The second-order valence-corrected chi connectivity index (χ2v) is 23.8. The van der Waals surface area contributed by atoms with E-state index in [-0.39, 0.29) is 31.1 Å². The van der Waals surface area contributed by atoms with E-state index in [4.69, 9.17) is 14.2 Å². The van der Waals surface area contributed by atoms with Crippen molar-refractivity contribution in [1.29, 1.82) is 0 Å². The maximum atomic E-state index is 12.9. The van der Waals surface area contributed by atoms with Crippen LogP contribution in [0.2, 0.25) is 0 Å². The van der Waals surface area contributed by atoms with Crippen molar-refractivity contribution in [3.05, 3.63) is 72.9 Å². The highest BCUT2D eigenvalue weighted by molar-refractivity contribution is 5.71. The predicted molar refractivity (Wildman–Crippen MR) is 353 cm³/mol. The molecule has 0 aliphatic rings. The van der Waals surface area contributed by atoms with Gasteiger partial charge in [-0.3, -0.25) is 14.4 Å². The summed E-state index contributed by atoms with van der Waals surface area (Å²) in [6.07, 6.45) is 90.9. The molecule has 0 N–H and O–H groups in total. The van der Waals surface area contributed by atoms with E-state index in [2.05, 4.69) is 93.7 Å². The Morgan fingerprint density at radius 1 is 0.259 bits per heavy atom. The van der Waals surface area contributed by atoms with Gasteiger partial charge in [-0.1, -0.05) is 331 Å². The number of hydrogen-bond acceptors (Lipinski definition) is 6. The number of esters is 3. The van der Waals surface area contributed by atoms with Crippen molar-refractivity contribution in [2.75, 3.05) is 13.2 Å². The van der Waals surface area contributed by atoms with Gasteiger partial charge in [-0.15, -0.1) is 0 Å². The summed E-state index contributed by atoms with van der Waals surface area (Å²) >= 11 is 0. The molecule has 0 saturated heterocycles. The predicted octanol–water partition coefficient (Wildman–Crippen LogP) is 24.4. The highest BCUT2D eigenvalue weighted by atomic mass is 16.6. The van der Waals surface area contributed by atoms with Gasteiger partial charge < -0.3 is 14.2 Å². The minimum atomic E-state index is -0.774. The molecular formula is C75H134O6. The molecule has 0 spiro atoms. The minimum Gasteiger partial charge on any atom is -0.462 e. The smallest absolute Gasteiger partial charge is 0.306 e. The van der Waals surface area contributed by atoms with Gasteiger partial charge in [-0.25, -0.2) is 0 Å². The Labute approximate surface area is 503 Å². The fourth-order valence-electron chi connectivity index (χ4n) is 10.4. The Balaban J connectivity index is 4.07. The molecule has 0 aromatic carbocycles. The summed E-state index contributed by atoms with van der Waals surface area (Å²) in [5.41, 5.74) is 0. The molecule has 6 nitrogen and oxygen atoms in total. The van der Waals surface area contributed by atoms with Crippen LogP contribution in [-0.2, 0) is 28.6 Å². The van der Waals surface area contributed by atoms with Gasteiger partial charge in [-0.05, 0) is 89.9 Å².